The minimum Gasteiger partial charge on any atom is -0.338 e. The molecule has 0 bridgehead atoms. The summed E-state index contributed by atoms with van der Waals surface area (Å²) in [5.74, 6) is 1.32. The van der Waals surface area contributed by atoms with Crippen LogP contribution >= 0.6 is 0 Å². The Bertz CT molecular complexity index is 510. The number of carbonyl (C=O) groups is 1. The van der Waals surface area contributed by atoms with Crippen LogP contribution in [0.15, 0.2) is 0 Å². The van der Waals surface area contributed by atoms with Gasteiger partial charge in [0.25, 0.3) is 0 Å². The molecule has 0 radical (unpaired) electrons. The number of hydrogen-bond acceptors (Lipinski definition) is 3. The van der Waals surface area contributed by atoms with Crippen molar-refractivity contribution in [3.05, 3.63) is 0 Å². The number of amides is 2. The lowest BCUT2D eigenvalue weighted by Crippen LogP contribution is -2.58. The van der Waals surface area contributed by atoms with Crippen molar-refractivity contribution in [3.63, 3.8) is 0 Å². The number of carbonyl (C=O) groups excluding carboxylic acids is 1. The average molecular weight is 423 g/mol. The third-order valence-electron chi connectivity index (χ3n) is 8.46. The van der Waals surface area contributed by atoms with Crippen molar-refractivity contribution in [1.29, 1.82) is 0 Å². The van der Waals surface area contributed by atoms with Gasteiger partial charge in [-0.1, -0.05) is 0 Å². The van der Waals surface area contributed by atoms with Crippen LogP contribution in [0.4, 0.5) is 4.79 Å². The van der Waals surface area contributed by atoms with Crippen LogP contribution in [-0.4, -0.2) is 65.2 Å². The van der Waals surface area contributed by atoms with E-state index in [2.05, 4.69) is 89.9 Å². The maximum Gasteiger partial charge on any atom is 0.314 e. The predicted molar refractivity (Wildman–Crippen MR) is 128 cm³/mol. The maximum absolute atomic E-state index is 12.3. The second-order valence-electron chi connectivity index (χ2n) is 12.7. The molecule has 2 saturated heterocycles. The van der Waals surface area contributed by atoms with Crippen LogP contribution in [0.1, 0.15) is 93.9 Å². The van der Waals surface area contributed by atoms with Crippen molar-refractivity contribution in [2.75, 3.05) is 27.2 Å². The van der Waals surface area contributed by atoms with Gasteiger partial charge in [0.15, 0.2) is 0 Å². The summed E-state index contributed by atoms with van der Waals surface area (Å²) >= 11 is 0. The molecule has 30 heavy (non-hydrogen) atoms. The zero-order chi connectivity index (χ0) is 23.0. The van der Waals surface area contributed by atoms with E-state index in [4.69, 9.17) is 0 Å². The standard InChI is InChI=1S/C25H50N4O/c1-22(2)15-19(16-23(3,4)28(22)9)11-13-26-21(30)27-14-12-20-17-24(5,6)29(10)25(7,8)18-20/h19-20H,11-18H2,1-10H3,(H2,26,27,30). The van der Waals surface area contributed by atoms with Crippen LogP contribution in [0.25, 0.3) is 0 Å². The van der Waals surface area contributed by atoms with Gasteiger partial charge in [0.05, 0.1) is 0 Å². The Morgan fingerprint density at radius 2 is 0.933 bits per heavy atom. The highest BCUT2D eigenvalue weighted by atomic mass is 16.2. The van der Waals surface area contributed by atoms with Gasteiger partial charge >= 0.3 is 6.03 Å². The fourth-order valence-corrected chi connectivity index (χ4v) is 6.41. The normalized spacial score (nSPS) is 27.0. The fourth-order valence-electron chi connectivity index (χ4n) is 6.41. The van der Waals surface area contributed by atoms with Crippen LogP contribution in [-0.2, 0) is 0 Å². The molecule has 0 aromatic heterocycles. The van der Waals surface area contributed by atoms with Gasteiger partial charge in [-0.15, -0.1) is 0 Å². The SMILES string of the molecule is CN1C(C)(C)CC(CCNC(=O)NCCC2CC(C)(C)N(C)C(C)(C)C2)CC1(C)C. The Balaban J connectivity index is 1.70. The summed E-state index contributed by atoms with van der Waals surface area (Å²) in [6.45, 7) is 20.2. The molecular weight excluding hydrogens is 372 g/mol. The van der Waals surface area contributed by atoms with E-state index >= 15 is 0 Å². The van der Waals surface area contributed by atoms with Crippen LogP contribution in [0.2, 0.25) is 0 Å². The van der Waals surface area contributed by atoms with E-state index in [-0.39, 0.29) is 28.2 Å². The van der Waals surface area contributed by atoms with Gasteiger partial charge in [-0.05, 0) is 120 Å². The number of piperidine rings is 2. The molecule has 2 heterocycles. The first-order chi connectivity index (χ1) is 13.6. The fraction of sp³-hybridized carbons (Fsp3) is 0.960. The third kappa shape index (κ3) is 6.12. The van der Waals surface area contributed by atoms with E-state index in [9.17, 15) is 4.79 Å². The Hall–Kier alpha value is -0.810. The number of urea groups is 1. The quantitative estimate of drug-likeness (QED) is 0.642. The van der Waals surface area contributed by atoms with Gasteiger partial charge in [-0.3, -0.25) is 9.80 Å². The Labute approximate surface area is 186 Å². The van der Waals surface area contributed by atoms with Crippen LogP contribution in [0, 0.1) is 11.8 Å². The Morgan fingerprint density at radius 3 is 1.20 bits per heavy atom. The first-order valence-corrected chi connectivity index (χ1v) is 12.1. The summed E-state index contributed by atoms with van der Waals surface area (Å²) in [6.07, 6.45) is 6.89. The molecule has 5 heteroatoms. The van der Waals surface area contributed by atoms with Gasteiger partial charge in [0.2, 0.25) is 0 Å². The molecule has 0 aliphatic carbocycles. The molecule has 2 N–H and O–H groups in total. The second-order valence-corrected chi connectivity index (χ2v) is 12.7. The number of rotatable bonds is 6. The van der Waals surface area contributed by atoms with Crippen molar-refractivity contribution >= 4 is 6.03 Å². The molecule has 0 spiro atoms. The monoisotopic (exact) mass is 422 g/mol. The molecule has 2 aliphatic rings. The zero-order valence-electron chi connectivity index (χ0n) is 21.6. The van der Waals surface area contributed by atoms with Gasteiger partial charge in [-0.25, -0.2) is 4.79 Å². The van der Waals surface area contributed by atoms with E-state index < -0.39 is 0 Å². The summed E-state index contributed by atoms with van der Waals surface area (Å²) < 4.78 is 0. The molecule has 2 rings (SSSR count). The van der Waals surface area contributed by atoms with E-state index in [0.717, 1.165) is 25.9 Å². The van der Waals surface area contributed by atoms with Crippen LogP contribution in [0.3, 0.4) is 0 Å². The van der Waals surface area contributed by atoms with Crippen LogP contribution < -0.4 is 10.6 Å². The summed E-state index contributed by atoms with van der Waals surface area (Å²) in [4.78, 5) is 17.3. The molecule has 5 nitrogen and oxygen atoms in total. The number of hydrogen-bond donors (Lipinski definition) is 2. The predicted octanol–water partition coefficient (Wildman–Crippen LogP) is 4.86. The van der Waals surface area contributed by atoms with Crippen molar-refractivity contribution in [2.45, 2.75) is 116 Å². The molecular formula is C25H50N4O. The van der Waals surface area contributed by atoms with E-state index in [1.807, 2.05) is 0 Å². The smallest absolute Gasteiger partial charge is 0.314 e. The highest BCUT2D eigenvalue weighted by molar-refractivity contribution is 5.73. The lowest BCUT2D eigenvalue weighted by atomic mass is 9.73. The van der Waals surface area contributed by atoms with Gasteiger partial charge in [-0.2, -0.15) is 0 Å². The van der Waals surface area contributed by atoms with Crippen molar-refractivity contribution < 1.29 is 4.79 Å². The Kier molecular flexibility index (Phi) is 7.61. The summed E-state index contributed by atoms with van der Waals surface area (Å²) in [7, 11) is 4.49. The van der Waals surface area contributed by atoms with E-state index in [1.165, 1.54) is 25.7 Å². The highest BCUT2D eigenvalue weighted by Crippen LogP contribution is 2.42. The molecule has 2 aliphatic heterocycles. The molecule has 176 valence electrons. The van der Waals surface area contributed by atoms with Crippen molar-refractivity contribution in [3.8, 4) is 0 Å². The molecule has 2 fully saturated rings. The lowest BCUT2D eigenvalue weighted by molar-refractivity contribution is -0.0314. The van der Waals surface area contributed by atoms with Crippen molar-refractivity contribution in [2.24, 2.45) is 11.8 Å². The average Bonchev–Trinajstić information content (AvgIpc) is 2.56. The summed E-state index contributed by atoms with van der Waals surface area (Å²) in [6, 6.07) is -0.00658. The summed E-state index contributed by atoms with van der Waals surface area (Å²) in [5, 5.41) is 6.20. The molecule has 0 aromatic rings. The third-order valence-corrected chi connectivity index (χ3v) is 8.46. The molecule has 0 unspecified atom stereocenters. The lowest BCUT2D eigenvalue weighted by Gasteiger charge is -2.54. The minimum absolute atomic E-state index is 0.00658. The largest absolute Gasteiger partial charge is 0.338 e. The van der Waals surface area contributed by atoms with Crippen molar-refractivity contribution in [1.82, 2.24) is 20.4 Å². The molecule has 2 amide bonds. The van der Waals surface area contributed by atoms with Gasteiger partial charge < -0.3 is 10.6 Å². The maximum atomic E-state index is 12.3. The first kappa shape index (κ1) is 25.5. The molecule has 0 saturated carbocycles. The number of likely N-dealkylation sites (tertiary alicyclic amines) is 2. The zero-order valence-corrected chi connectivity index (χ0v) is 21.6. The van der Waals surface area contributed by atoms with E-state index in [0.29, 0.717) is 11.8 Å². The first-order valence-electron chi connectivity index (χ1n) is 12.1. The summed E-state index contributed by atoms with van der Waals surface area (Å²) in [5.41, 5.74) is 0.850. The van der Waals surface area contributed by atoms with Gasteiger partial charge in [0.1, 0.15) is 0 Å². The number of nitrogens with zero attached hydrogens (tertiary/aromatic N) is 2. The van der Waals surface area contributed by atoms with E-state index in [1.54, 1.807) is 0 Å². The van der Waals surface area contributed by atoms with Gasteiger partial charge in [0, 0.05) is 35.2 Å². The second kappa shape index (κ2) is 8.97. The molecule has 0 aromatic carbocycles. The topological polar surface area (TPSA) is 47.6 Å². The molecule has 0 atom stereocenters. The minimum atomic E-state index is -0.00658. The number of nitrogens with one attached hydrogen (secondary N) is 2. The Morgan fingerprint density at radius 1 is 0.667 bits per heavy atom. The highest BCUT2D eigenvalue weighted by Gasteiger charge is 2.43. The van der Waals surface area contributed by atoms with Crippen LogP contribution in [0.5, 0.6) is 0 Å².